The molecule has 1 N–H and O–H groups in total. The molecule has 1 aliphatic rings. The van der Waals surface area contributed by atoms with Gasteiger partial charge < -0.3 is 10.1 Å². The van der Waals surface area contributed by atoms with Crippen molar-refractivity contribution < 1.29 is 9.53 Å². The Morgan fingerprint density at radius 2 is 2.11 bits per heavy atom. The highest BCUT2D eigenvalue weighted by Gasteiger charge is 2.43. The summed E-state index contributed by atoms with van der Waals surface area (Å²) < 4.78 is 6.63. The van der Waals surface area contributed by atoms with Gasteiger partial charge in [0, 0.05) is 15.4 Å². The molecule has 1 amide bonds. The van der Waals surface area contributed by atoms with E-state index in [4.69, 9.17) is 4.74 Å². The molecule has 4 heteroatoms. The molecule has 0 unspecified atom stereocenters. The number of alkyl halides is 1. The van der Waals surface area contributed by atoms with Gasteiger partial charge in [-0.05, 0) is 12.1 Å². The Kier molecular flexibility index (Phi) is 4.27. The van der Waals surface area contributed by atoms with Crippen LogP contribution in [0.2, 0.25) is 0 Å². The number of hydrogen-bond donors (Lipinski definition) is 1. The molecule has 1 heterocycles. The zero-order valence-electron chi connectivity index (χ0n) is 10.7. The van der Waals surface area contributed by atoms with Crippen LogP contribution >= 0.6 is 22.6 Å². The van der Waals surface area contributed by atoms with Gasteiger partial charge in [0.25, 0.3) is 5.91 Å². The van der Waals surface area contributed by atoms with E-state index in [1.807, 2.05) is 30.3 Å². The second-order valence-electron chi connectivity index (χ2n) is 5.31. The lowest BCUT2D eigenvalue weighted by Crippen LogP contribution is -2.48. The highest BCUT2D eigenvalue weighted by atomic mass is 127. The largest absolute Gasteiger partial charge is 0.375 e. The summed E-state index contributed by atoms with van der Waals surface area (Å²) in [6.45, 7) is 4.96. The third-order valence-corrected chi connectivity index (χ3v) is 4.23. The zero-order valence-corrected chi connectivity index (χ0v) is 12.8. The van der Waals surface area contributed by atoms with Crippen LogP contribution in [0.1, 0.15) is 24.2 Å². The fourth-order valence-corrected chi connectivity index (χ4v) is 3.01. The molecule has 2 atom stereocenters. The van der Waals surface area contributed by atoms with Crippen LogP contribution in [0.3, 0.4) is 0 Å². The summed E-state index contributed by atoms with van der Waals surface area (Å²) >= 11 is 2.31. The van der Waals surface area contributed by atoms with Crippen molar-refractivity contribution in [2.75, 3.05) is 11.0 Å². The molecule has 98 valence electrons. The van der Waals surface area contributed by atoms with Crippen molar-refractivity contribution >= 4 is 28.5 Å². The predicted molar refractivity (Wildman–Crippen MR) is 80.1 cm³/mol. The standard InChI is InChI=1S/C14H18INO2/c1-14(2)9-18-11(8-15)12(14)16-13(17)10-6-4-3-5-7-10/h3-7,11-12H,8-9H2,1-2H3,(H,16,17)/t11-,12-/m0/s1. The molecule has 0 saturated carbocycles. The molecule has 1 fully saturated rings. The Morgan fingerprint density at radius 3 is 2.72 bits per heavy atom. The molecular weight excluding hydrogens is 341 g/mol. The Balaban J connectivity index is 2.10. The Morgan fingerprint density at radius 1 is 1.44 bits per heavy atom. The number of hydrogen-bond acceptors (Lipinski definition) is 2. The Hall–Kier alpha value is -0.620. The highest BCUT2D eigenvalue weighted by molar-refractivity contribution is 14.1. The minimum Gasteiger partial charge on any atom is -0.375 e. The summed E-state index contributed by atoms with van der Waals surface area (Å²) in [7, 11) is 0. The lowest BCUT2D eigenvalue weighted by atomic mass is 9.85. The summed E-state index contributed by atoms with van der Waals surface area (Å²) in [5.74, 6) is -0.0194. The van der Waals surface area contributed by atoms with Gasteiger partial charge in [-0.2, -0.15) is 0 Å². The van der Waals surface area contributed by atoms with Gasteiger partial charge in [0.1, 0.15) is 0 Å². The molecule has 3 nitrogen and oxygen atoms in total. The van der Waals surface area contributed by atoms with Crippen molar-refractivity contribution in [3.8, 4) is 0 Å². The summed E-state index contributed by atoms with van der Waals surface area (Å²) in [4.78, 5) is 12.2. The number of nitrogens with one attached hydrogen (secondary N) is 1. The molecule has 1 aromatic rings. The molecule has 1 saturated heterocycles. The van der Waals surface area contributed by atoms with Crippen LogP contribution in [0.15, 0.2) is 30.3 Å². The second kappa shape index (κ2) is 5.57. The average Bonchev–Trinajstić information content (AvgIpc) is 2.66. The maximum absolute atomic E-state index is 12.2. The molecule has 0 spiro atoms. The van der Waals surface area contributed by atoms with Gasteiger partial charge in [0.2, 0.25) is 0 Å². The first-order chi connectivity index (χ1) is 8.54. The van der Waals surface area contributed by atoms with E-state index < -0.39 is 0 Å². The topological polar surface area (TPSA) is 38.3 Å². The van der Waals surface area contributed by atoms with E-state index in [9.17, 15) is 4.79 Å². The molecule has 0 radical (unpaired) electrons. The zero-order chi connectivity index (χ0) is 13.2. The lowest BCUT2D eigenvalue weighted by Gasteiger charge is -2.28. The van der Waals surface area contributed by atoms with Gasteiger partial charge in [0.15, 0.2) is 0 Å². The molecule has 0 aromatic heterocycles. The maximum Gasteiger partial charge on any atom is 0.251 e. The van der Waals surface area contributed by atoms with Gasteiger partial charge in [-0.25, -0.2) is 0 Å². The number of rotatable bonds is 3. The minimum absolute atomic E-state index is 0.0136. The van der Waals surface area contributed by atoms with Crippen molar-refractivity contribution in [1.29, 1.82) is 0 Å². The summed E-state index contributed by atoms with van der Waals surface area (Å²) in [5, 5.41) is 3.12. The van der Waals surface area contributed by atoms with Gasteiger partial charge in [-0.1, -0.05) is 54.6 Å². The van der Waals surface area contributed by atoms with E-state index in [0.29, 0.717) is 12.2 Å². The van der Waals surface area contributed by atoms with Crippen LogP contribution < -0.4 is 5.32 Å². The van der Waals surface area contributed by atoms with E-state index >= 15 is 0 Å². The molecule has 2 rings (SSSR count). The molecule has 0 aliphatic carbocycles. The van der Waals surface area contributed by atoms with E-state index in [2.05, 4.69) is 41.8 Å². The van der Waals surface area contributed by atoms with Crippen LogP contribution in [0.25, 0.3) is 0 Å². The van der Waals surface area contributed by atoms with Crippen LogP contribution in [-0.4, -0.2) is 29.1 Å². The van der Waals surface area contributed by atoms with E-state index in [1.54, 1.807) is 0 Å². The van der Waals surface area contributed by atoms with E-state index in [0.717, 1.165) is 4.43 Å². The number of carbonyl (C=O) groups is 1. The second-order valence-corrected chi connectivity index (χ2v) is 6.19. The van der Waals surface area contributed by atoms with Crippen LogP contribution in [0.4, 0.5) is 0 Å². The van der Waals surface area contributed by atoms with Crippen LogP contribution in [0.5, 0.6) is 0 Å². The van der Waals surface area contributed by atoms with E-state index in [1.165, 1.54) is 0 Å². The first-order valence-electron chi connectivity index (χ1n) is 6.08. The fourth-order valence-electron chi connectivity index (χ4n) is 2.25. The SMILES string of the molecule is CC1(C)CO[C@@H](CI)[C@@H]1NC(=O)c1ccccc1. The predicted octanol–water partition coefficient (Wildman–Crippen LogP) is 2.65. The number of carbonyl (C=O) groups excluding carboxylic acids is 1. The third kappa shape index (κ3) is 2.85. The lowest BCUT2D eigenvalue weighted by molar-refractivity contribution is 0.0876. The first-order valence-corrected chi connectivity index (χ1v) is 7.60. The van der Waals surface area contributed by atoms with Crippen LogP contribution in [0, 0.1) is 5.41 Å². The van der Waals surface area contributed by atoms with Crippen molar-refractivity contribution in [2.45, 2.75) is 26.0 Å². The number of halogens is 1. The van der Waals surface area contributed by atoms with Crippen molar-refractivity contribution in [3.05, 3.63) is 35.9 Å². The fraction of sp³-hybridized carbons (Fsp3) is 0.500. The third-order valence-electron chi connectivity index (χ3n) is 3.36. The van der Waals surface area contributed by atoms with Crippen LogP contribution in [-0.2, 0) is 4.74 Å². The number of ether oxygens (including phenoxy) is 1. The summed E-state index contributed by atoms with van der Waals surface area (Å²) in [5.41, 5.74) is 0.688. The normalized spacial score (nSPS) is 25.9. The van der Waals surface area contributed by atoms with Crippen molar-refractivity contribution in [3.63, 3.8) is 0 Å². The van der Waals surface area contributed by atoms with Crippen molar-refractivity contribution in [1.82, 2.24) is 5.32 Å². The molecule has 1 aliphatic heterocycles. The summed E-state index contributed by atoms with van der Waals surface area (Å²) in [6.07, 6.45) is 0.105. The van der Waals surface area contributed by atoms with Gasteiger partial charge >= 0.3 is 0 Å². The average molecular weight is 359 g/mol. The van der Waals surface area contributed by atoms with E-state index in [-0.39, 0.29) is 23.5 Å². The molecule has 0 bridgehead atoms. The monoisotopic (exact) mass is 359 g/mol. The van der Waals surface area contributed by atoms with Crippen molar-refractivity contribution in [2.24, 2.45) is 5.41 Å². The quantitative estimate of drug-likeness (QED) is 0.666. The maximum atomic E-state index is 12.2. The minimum atomic E-state index is -0.0194. The molecular formula is C14H18INO2. The summed E-state index contributed by atoms with van der Waals surface area (Å²) in [6, 6.07) is 9.39. The molecule has 1 aromatic carbocycles. The number of amides is 1. The van der Waals surface area contributed by atoms with Gasteiger partial charge in [0.05, 0.1) is 18.8 Å². The Labute approximate surface area is 121 Å². The highest BCUT2D eigenvalue weighted by Crippen LogP contribution is 2.33. The van der Waals surface area contributed by atoms with Gasteiger partial charge in [-0.3, -0.25) is 4.79 Å². The molecule has 18 heavy (non-hydrogen) atoms. The number of benzene rings is 1. The van der Waals surface area contributed by atoms with Gasteiger partial charge in [-0.15, -0.1) is 0 Å². The smallest absolute Gasteiger partial charge is 0.251 e. The Bertz CT molecular complexity index is 419. The first kappa shape index (κ1) is 13.8.